The Morgan fingerprint density at radius 2 is 1.56 bits per heavy atom. The Morgan fingerprint density at radius 1 is 1.04 bits per heavy atom. The summed E-state index contributed by atoms with van der Waals surface area (Å²) in [6.07, 6.45) is 6.47. The van der Waals surface area contributed by atoms with Crippen molar-refractivity contribution in [3.8, 4) is 0 Å². The molecule has 1 atom stereocenters. The van der Waals surface area contributed by atoms with Crippen molar-refractivity contribution >= 4 is 17.3 Å². The Kier molecular flexibility index (Phi) is 4.46. The molecule has 0 aromatic heterocycles. The van der Waals surface area contributed by atoms with Gasteiger partial charge in [-0.15, -0.1) is 0 Å². The number of hydrogen-bond donors (Lipinski definition) is 4. The van der Waals surface area contributed by atoms with Crippen LogP contribution in [0.1, 0.15) is 38.5 Å². The monoisotopic (exact) mass is 344 g/mol. The molecule has 4 saturated carbocycles. The second kappa shape index (κ2) is 6.61. The zero-order valence-corrected chi connectivity index (χ0v) is 14.6. The molecule has 0 heterocycles. The van der Waals surface area contributed by atoms with E-state index in [9.17, 15) is 9.90 Å². The van der Waals surface area contributed by atoms with E-state index in [1.807, 2.05) is 24.3 Å². The molecule has 1 aromatic carbocycles. The van der Waals surface area contributed by atoms with E-state index in [4.69, 9.17) is 5.11 Å². The Bertz CT molecular complexity index is 593. The van der Waals surface area contributed by atoms with Crippen molar-refractivity contribution in [3.05, 3.63) is 24.3 Å². The first-order valence-corrected chi connectivity index (χ1v) is 9.50. The molecule has 4 aliphatic carbocycles. The number of amides is 1. The van der Waals surface area contributed by atoms with Crippen LogP contribution in [0.15, 0.2) is 24.3 Å². The van der Waals surface area contributed by atoms with E-state index >= 15 is 0 Å². The molecule has 1 amide bonds. The van der Waals surface area contributed by atoms with Gasteiger partial charge in [0.2, 0.25) is 5.91 Å². The number of carbonyl (C=O) groups is 1. The smallest absolute Gasteiger partial charge is 0.230 e. The molecule has 4 aliphatic rings. The molecule has 0 spiro atoms. The quantitative estimate of drug-likeness (QED) is 0.639. The van der Waals surface area contributed by atoms with Gasteiger partial charge in [0.25, 0.3) is 0 Å². The predicted molar refractivity (Wildman–Crippen MR) is 97.3 cm³/mol. The van der Waals surface area contributed by atoms with Crippen LogP contribution in [0.3, 0.4) is 0 Å². The summed E-state index contributed by atoms with van der Waals surface area (Å²) < 4.78 is 0. The molecule has 4 fully saturated rings. The van der Waals surface area contributed by atoms with Gasteiger partial charge in [0.05, 0.1) is 18.1 Å². The fourth-order valence-corrected chi connectivity index (χ4v) is 5.62. The standard InChI is InChI=1S/C20H28N2O3/c23-12-18(24)11-21-16-1-3-17(4-2-16)22-19(25)20-8-13-5-14(9-20)7-15(6-13)10-20/h1-4,13-15,18,21,23-24H,5-12H2,(H,22,25). The summed E-state index contributed by atoms with van der Waals surface area (Å²) in [6.45, 7) is 0.0433. The Hall–Kier alpha value is -1.59. The number of anilines is 2. The Labute approximate surface area is 148 Å². The number of aliphatic hydroxyl groups excluding tert-OH is 2. The lowest BCUT2D eigenvalue weighted by atomic mass is 9.49. The topological polar surface area (TPSA) is 81.6 Å². The van der Waals surface area contributed by atoms with Gasteiger partial charge < -0.3 is 20.8 Å². The second-order valence-electron chi connectivity index (χ2n) is 8.45. The van der Waals surface area contributed by atoms with Crippen molar-refractivity contribution in [1.82, 2.24) is 0 Å². The highest BCUT2D eigenvalue weighted by molar-refractivity contribution is 5.95. The van der Waals surface area contributed by atoms with Crippen molar-refractivity contribution in [2.45, 2.75) is 44.6 Å². The van der Waals surface area contributed by atoms with Crippen molar-refractivity contribution in [1.29, 1.82) is 0 Å². The maximum absolute atomic E-state index is 13.0. The van der Waals surface area contributed by atoms with Crippen LogP contribution in [0.2, 0.25) is 0 Å². The SMILES string of the molecule is O=C(Nc1ccc(NCC(O)CO)cc1)C12CC3CC(CC(C3)C1)C2. The molecule has 4 N–H and O–H groups in total. The van der Waals surface area contributed by atoms with Gasteiger partial charge in [0, 0.05) is 17.9 Å². The minimum Gasteiger partial charge on any atom is -0.394 e. The summed E-state index contributed by atoms with van der Waals surface area (Å²) in [7, 11) is 0. The number of hydrogen-bond acceptors (Lipinski definition) is 4. The molecule has 136 valence electrons. The molecule has 0 aliphatic heterocycles. The molecule has 0 saturated heterocycles. The summed E-state index contributed by atoms with van der Waals surface area (Å²) in [4.78, 5) is 13.0. The van der Waals surface area contributed by atoms with Gasteiger partial charge in [-0.3, -0.25) is 4.79 Å². The van der Waals surface area contributed by atoms with Crippen molar-refractivity contribution in [2.24, 2.45) is 23.2 Å². The van der Waals surface area contributed by atoms with E-state index in [2.05, 4.69) is 10.6 Å². The zero-order chi connectivity index (χ0) is 17.4. The first-order valence-electron chi connectivity index (χ1n) is 9.50. The molecular weight excluding hydrogens is 316 g/mol. The first kappa shape index (κ1) is 16.9. The highest BCUT2D eigenvalue weighted by Gasteiger charge is 2.54. The predicted octanol–water partition coefficient (Wildman–Crippen LogP) is 2.61. The van der Waals surface area contributed by atoms with Gasteiger partial charge in [-0.1, -0.05) is 0 Å². The molecule has 25 heavy (non-hydrogen) atoms. The average Bonchev–Trinajstić information content (AvgIpc) is 2.59. The van der Waals surface area contributed by atoms with Crippen molar-refractivity contribution < 1.29 is 15.0 Å². The van der Waals surface area contributed by atoms with Crippen LogP contribution in [-0.2, 0) is 4.79 Å². The third kappa shape index (κ3) is 3.40. The van der Waals surface area contributed by atoms with Gasteiger partial charge in [-0.05, 0) is 80.5 Å². The molecule has 5 nitrogen and oxygen atoms in total. The van der Waals surface area contributed by atoms with Crippen LogP contribution in [0.4, 0.5) is 11.4 Å². The van der Waals surface area contributed by atoms with Crippen LogP contribution in [0, 0.1) is 23.2 Å². The number of benzene rings is 1. The fraction of sp³-hybridized carbons (Fsp3) is 0.650. The van der Waals surface area contributed by atoms with E-state index in [0.29, 0.717) is 6.54 Å². The lowest BCUT2D eigenvalue weighted by Crippen LogP contribution is -2.51. The average molecular weight is 344 g/mol. The van der Waals surface area contributed by atoms with Gasteiger partial charge in [0.15, 0.2) is 0 Å². The van der Waals surface area contributed by atoms with Crippen LogP contribution < -0.4 is 10.6 Å². The summed E-state index contributed by atoms with van der Waals surface area (Å²) in [5.41, 5.74) is 1.56. The van der Waals surface area contributed by atoms with Crippen molar-refractivity contribution in [3.63, 3.8) is 0 Å². The van der Waals surface area contributed by atoms with Crippen LogP contribution in [-0.4, -0.2) is 35.4 Å². The van der Waals surface area contributed by atoms with E-state index in [-0.39, 0.29) is 17.9 Å². The Morgan fingerprint density at radius 3 is 2.08 bits per heavy atom. The van der Waals surface area contributed by atoms with Gasteiger partial charge in [0.1, 0.15) is 0 Å². The minimum absolute atomic E-state index is 0.128. The largest absolute Gasteiger partial charge is 0.394 e. The molecule has 0 radical (unpaired) electrons. The van der Waals surface area contributed by atoms with E-state index < -0.39 is 6.10 Å². The highest BCUT2D eigenvalue weighted by atomic mass is 16.3. The fourth-order valence-electron chi connectivity index (χ4n) is 5.62. The zero-order valence-electron chi connectivity index (χ0n) is 14.6. The normalized spacial score (nSPS) is 33.9. The number of nitrogens with one attached hydrogen (secondary N) is 2. The van der Waals surface area contributed by atoms with Gasteiger partial charge >= 0.3 is 0 Å². The lowest BCUT2D eigenvalue weighted by molar-refractivity contribution is -0.140. The Balaban J connectivity index is 1.38. The number of carbonyl (C=O) groups excluding carboxylic acids is 1. The summed E-state index contributed by atoms with van der Waals surface area (Å²) in [5.74, 6) is 2.51. The molecular formula is C20H28N2O3. The summed E-state index contributed by atoms with van der Waals surface area (Å²) in [6, 6.07) is 7.57. The molecule has 5 rings (SSSR count). The highest BCUT2D eigenvalue weighted by Crippen LogP contribution is 2.60. The van der Waals surface area contributed by atoms with Crippen molar-refractivity contribution in [2.75, 3.05) is 23.8 Å². The third-order valence-corrected chi connectivity index (χ3v) is 6.42. The molecule has 1 aromatic rings. The molecule has 4 bridgehead atoms. The number of aliphatic hydroxyl groups is 2. The number of rotatable bonds is 6. The van der Waals surface area contributed by atoms with Crippen LogP contribution >= 0.6 is 0 Å². The van der Waals surface area contributed by atoms with Crippen LogP contribution in [0.5, 0.6) is 0 Å². The summed E-state index contributed by atoms with van der Waals surface area (Å²) >= 11 is 0. The maximum Gasteiger partial charge on any atom is 0.230 e. The van der Waals surface area contributed by atoms with Crippen LogP contribution in [0.25, 0.3) is 0 Å². The lowest BCUT2D eigenvalue weighted by Gasteiger charge is -2.55. The van der Waals surface area contributed by atoms with E-state index in [0.717, 1.165) is 48.4 Å². The second-order valence-corrected chi connectivity index (χ2v) is 8.45. The third-order valence-electron chi connectivity index (χ3n) is 6.42. The minimum atomic E-state index is -0.768. The molecule has 1 unspecified atom stereocenters. The summed E-state index contributed by atoms with van der Waals surface area (Å²) in [5, 5.41) is 24.4. The maximum atomic E-state index is 13.0. The van der Waals surface area contributed by atoms with Gasteiger partial charge in [-0.25, -0.2) is 0 Å². The first-order chi connectivity index (χ1) is 12.1. The van der Waals surface area contributed by atoms with Gasteiger partial charge in [-0.2, -0.15) is 0 Å². The van der Waals surface area contributed by atoms with E-state index in [1.165, 1.54) is 19.3 Å². The molecule has 5 heteroatoms. The van der Waals surface area contributed by atoms with E-state index in [1.54, 1.807) is 0 Å².